The zero-order valence-corrected chi connectivity index (χ0v) is 13.8. The first kappa shape index (κ1) is 15.3. The van der Waals surface area contributed by atoms with E-state index >= 15 is 0 Å². The maximum Gasteiger partial charge on any atom is 0.244 e. The second-order valence-corrected chi connectivity index (χ2v) is 8.47. The van der Waals surface area contributed by atoms with E-state index in [2.05, 4.69) is 4.90 Å². The van der Waals surface area contributed by atoms with E-state index < -0.39 is 10.0 Å². The average molecular weight is 323 g/mol. The minimum absolute atomic E-state index is 0.245. The number of alkyl halides is 1. The van der Waals surface area contributed by atoms with E-state index in [1.165, 1.54) is 11.3 Å². The lowest BCUT2D eigenvalue weighted by atomic mass is 10.2. The van der Waals surface area contributed by atoms with Crippen molar-refractivity contribution in [3.63, 3.8) is 0 Å². The monoisotopic (exact) mass is 322 g/mol. The molecule has 0 amide bonds. The number of likely N-dealkylation sites (N-methyl/N-ethyl adjacent to an activating group) is 1. The van der Waals surface area contributed by atoms with Crippen LogP contribution < -0.4 is 0 Å². The lowest BCUT2D eigenvalue weighted by Crippen LogP contribution is -2.51. The van der Waals surface area contributed by atoms with E-state index in [9.17, 15) is 8.42 Å². The first-order valence-electron chi connectivity index (χ1n) is 6.22. The molecule has 108 valence electrons. The molecule has 4 nitrogen and oxygen atoms in total. The maximum atomic E-state index is 12.7. The molecule has 2 heterocycles. The summed E-state index contributed by atoms with van der Waals surface area (Å²) in [5.41, 5.74) is 0. The first-order chi connectivity index (χ1) is 8.86. The van der Waals surface area contributed by atoms with Gasteiger partial charge in [0.05, 0.1) is 10.8 Å². The molecule has 2 rings (SSSR count). The number of halogens is 1. The fourth-order valence-corrected chi connectivity index (χ4v) is 5.43. The molecule has 1 unspecified atom stereocenters. The van der Waals surface area contributed by atoms with Crippen molar-refractivity contribution in [2.24, 2.45) is 0 Å². The van der Waals surface area contributed by atoms with Crippen LogP contribution in [0.1, 0.15) is 16.7 Å². The van der Waals surface area contributed by atoms with Crippen molar-refractivity contribution >= 4 is 33.0 Å². The molecule has 1 saturated heterocycles. The molecule has 1 atom stereocenters. The zero-order valence-electron chi connectivity index (χ0n) is 11.4. The van der Waals surface area contributed by atoms with Crippen LogP contribution in [-0.2, 0) is 15.9 Å². The Morgan fingerprint density at radius 3 is 2.68 bits per heavy atom. The smallest absolute Gasteiger partial charge is 0.244 e. The number of sulfonamides is 1. The number of aryl methyl sites for hydroxylation is 1. The summed E-state index contributed by atoms with van der Waals surface area (Å²) in [6, 6.07) is 1.96. The fraction of sp³-hybridized carbons (Fsp3) is 0.667. The van der Waals surface area contributed by atoms with Crippen molar-refractivity contribution in [1.29, 1.82) is 0 Å². The molecule has 19 heavy (non-hydrogen) atoms. The lowest BCUT2D eigenvalue weighted by Gasteiger charge is -2.36. The highest BCUT2D eigenvalue weighted by molar-refractivity contribution is 7.89. The van der Waals surface area contributed by atoms with Crippen LogP contribution >= 0.6 is 22.9 Å². The van der Waals surface area contributed by atoms with Crippen molar-refractivity contribution in [1.82, 2.24) is 9.21 Å². The largest absolute Gasteiger partial charge is 0.301 e. The number of thiophene rings is 1. The van der Waals surface area contributed by atoms with Gasteiger partial charge in [-0.05, 0) is 27.0 Å². The van der Waals surface area contributed by atoms with Crippen LogP contribution in [0.4, 0.5) is 0 Å². The van der Waals surface area contributed by atoms with Gasteiger partial charge >= 0.3 is 0 Å². The van der Waals surface area contributed by atoms with Gasteiger partial charge in [-0.1, -0.05) is 0 Å². The van der Waals surface area contributed by atoms with Gasteiger partial charge in [0, 0.05) is 35.4 Å². The van der Waals surface area contributed by atoms with Crippen molar-refractivity contribution in [2.75, 3.05) is 26.7 Å². The summed E-state index contributed by atoms with van der Waals surface area (Å²) in [4.78, 5) is 4.32. The van der Waals surface area contributed by atoms with Gasteiger partial charge in [-0.15, -0.1) is 22.9 Å². The van der Waals surface area contributed by atoms with Gasteiger partial charge in [-0.25, -0.2) is 8.42 Å². The third kappa shape index (κ3) is 2.97. The van der Waals surface area contributed by atoms with Crippen LogP contribution in [0.2, 0.25) is 0 Å². The van der Waals surface area contributed by atoms with Crippen molar-refractivity contribution < 1.29 is 8.42 Å². The SMILES string of the molecule is Cc1sc(CCl)cc1S(=O)(=O)N1CCN(C)C(C)C1. The van der Waals surface area contributed by atoms with Crippen LogP contribution in [0.15, 0.2) is 11.0 Å². The van der Waals surface area contributed by atoms with Crippen LogP contribution in [0.3, 0.4) is 0 Å². The van der Waals surface area contributed by atoms with Gasteiger partial charge in [0.2, 0.25) is 10.0 Å². The van der Waals surface area contributed by atoms with E-state index in [-0.39, 0.29) is 6.04 Å². The summed E-state index contributed by atoms with van der Waals surface area (Å²) in [6.07, 6.45) is 0. The maximum absolute atomic E-state index is 12.7. The highest BCUT2D eigenvalue weighted by atomic mass is 35.5. The van der Waals surface area contributed by atoms with Gasteiger partial charge in [0.25, 0.3) is 0 Å². The average Bonchev–Trinajstić information content (AvgIpc) is 2.74. The van der Waals surface area contributed by atoms with Crippen LogP contribution in [0, 0.1) is 6.92 Å². The molecule has 1 aliphatic rings. The molecule has 0 N–H and O–H groups in total. The summed E-state index contributed by atoms with van der Waals surface area (Å²) in [5.74, 6) is 0.361. The molecule has 0 aromatic carbocycles. The molecule has 0 saturated carbocycles. The fourth-order valence-electron chi connectivity index (χ4n) is 2.22. The molecule has 0 radical (unpaired) electrons. The minimum atomic E-state index is -3.38. The van der Waals surface area contributed by atoms with E-state index in [1.54, 1.807) is 10.4 Å². The van der Waals surface area contributed by atoms with Crippen LogP contribution in [0.25, 0.3) is 0 Å². The Morgan fingerprint density at radius 1 is 1.47 bits per heavy atom. The lowest BCUT2D eigenvalue weighted by molar-refractivity contribution is 0.159. The third-order valence-corrected chi connectivity index (χ3v) is 7.21. The van der Waals surface area contributed by atoms with E-state index in [1.807, 2.05) is 20.9 Å². The van der Waals surface area contributed by atoms with Gasteiger partial charge in [0.1, 0.15) is 0 Å². The zero-order chi connectivity index (χ0) is 14.2. The van der Waals surface area contributed by atoms with Crippen molar-refractivity contribution in [3.8, 4) is 0 Å². The Balaban J connectivity index is 2.29. The Hall–Kier alpha value is -0.140. The molecule has 0 bridgehead atoms. The molecule has 0 aliphatic carbocycles. The summed E-state index contributed by atoms with van der Waals surface area (Å²) >= 11 is 7.24. The molecular weight excluding hydrogens is 304 g/mol. The van der Waals surface area contributed by atoms with Gasteiger partial charge < -0.3 is 4.90 Å². The van der Waals surface area contributed by atoms with Crippen molar-refractivity contribution in [2.45, 2.75) is 30.7 Å². The number of hydrogen-bond donors (Lipinski definition) is 0. The predicted octanol–water partition coefficient (Wildman–Crippen LogP) is 2.12. The molecule has 1 aromatic heterocycles. The van der Waals surface area contributed by atoms with E-state index in [0.717, 1.165) is 16.3 Å². The highest BCUT2D eigenvalue weighted by Gasteiger charge is 2.32. The topological polar surface area (TPSA) is 40.6 Å². The molecule has 0 spiro atoms. The number of nitrogens with zero attached hydrogens (tertiary/aromatic N) is 2. The summed E-state index contributed by atoms with van der Waals surface area (Å²) < 4.78 is 26.9. The minimum Gasteiger partial charge on any atom is -0.301 e. The summed E-state index contributed by atoms with van der Waals surface area (Å²) in [6.45, 7) is 5.75. The first-order valence-corrected chi connectivity index (χ1v) is 9.01. The van der Waals surface area contributed by atoms with E-state index in [4.69, 9.17) is 11.6 Å². The number of rotatable bonds is 3. The Bertz CT molecular complexity index is 556. The number of hydrogen-bond acceptors (Lipinski definition) is 4. The normalized spacial score (nSPS) is 22.8. The third-order valence-electron chi connectivity index (χ3n) is 3.60. The van der Waals surface area contributed by atoms with Gasteiger partial charge in [0.15, 0.2) is 0 Å². The molecule has 7 heteroatoms. The molecule has 1 fully saturated rings. The Morgan fingerprint density at radius 2 is 2.16 bits per heavy atom. The molecular formula is C12H19ClN2O2S2. The second-order valence-electron chi connectivity index (χ2n) is 4.96. The Labute approximate surface area is 124 Å². The quantitative estimate of drug-likeness (QED) is 0.800. The standard InChI is InChI=1S/C12H19ClN2O2S2/c1-9-8-15(5-4-14(9)3)19(16,17)12-6-11(7-13)18-10(12)2/h6,9H,4-5,7-8H2,1-3H3. The van der Waals surface area contributed by atoms with Gasteiger partial charge in [-0.2, -0.15) is 4.31 Å². The van der Waals surface area contributed by atoms with Crippen LogP contribution in [0.5, 0.6) is 0 Å². The van der Waals surface area contributed by atoms with Crippen LogP contribution in [-0.4, -0.2) is 50.3 Å². The van der Waals surface area contributed by atoms with Crippen molar-refractivity contribution in [3.05, 3.63) is 15.8 Å². The summed E-state index contributed by atoms with van der Waals surface area (Å²) in [7, 11) is -1.36. The number of piperazine rings is 1. The van der Waals surface area contributed by atoms with Gasteiger partial charge in [-0.3, -0.25) is 0 Å². The highest BCUT2D eigenvalue weighted by Crippen LogP contribution is 2.30. The Kier molecular flexibility index (Phi) is 4.57. The predicted molar refractivity (Wildman–Crippen MR) is 79.5 cm³/mol. The molecule has 1 aliphatic heterocycles. The second kappa shape index (κ2) is 5.69. The summed E-state index contributed by atoms with van der Waals surface area (Å²) in [5, 5.41) is 0. The molecule has 1 aromatic rings. The van der Waals surface area contributed by atoms with E-state index in [0.29, 0.717) is 23.9 Å².